The number of amides is 1. The third-order valence-electron chi connectivity index (χ3n) is 3.23. The van der Waals surface area contributed by atoms with Crippen molar-refractivity contribution in [1.29, 1.82) is 0 Å². The van der Waals surface area contributed by atoms with Gasteiger partial charge in [0.15, 0.2) is 0 Å². The maximum atomic E-state index is 13.3. The molecule has 0 saturated carbocycles. The van der Waals surface area contributed by atoms with Gasteiger partial charge in [-0.1, -0.05) is 19.9 Å². The Morgan fingerprint density at radius 1 is 1.44 bits per heavy atom. The van der Waals surface area contributed by atoms with Gasteiger partial charge in [-0.3, -0.25) is 4.79 Å². The van der Waals surface area contributed by atoms with Crippen molar-refractivity contribution in [3.05, 3.63) is 34.1 Å². The van der Waals surface area contributed by atoms with E-state index < -0.39 is 11.4 Å². The Morgan fingerprint density at radius 2 is 2.06 bits per heavy atom. The molecule has 0 saturated heterocycles. The quantitative estimate of drug-likeness (QED) is 0.877. The van der Waals surface area contributed by atoms with Crippen molar-refractivity contribution in [2.24, 2.45) is 0 Å². The van der Waals surface area contributed by atoms with Gasteiger partial charge in [0.05, 0.1) is 22.2 Å². The molecule has 0 aliphatic heterocycles. The van der Waals surface area contributed by atoms with Crippen LogP contribution in [0.2, 0.25) is 0 Å². The van der Waals surface area contributed by atoms with Crippen LogP contribution < -0.4 is 5.32 Å². The van der Waals surface area contributed by atoms with Gasteiger partial charge in [0, 0.05) is 0 Å². The van der Waals surface area contributed by atoms with E-state index in [2.05, 4.69) is 21.2 Å². The van der Waals surface area contributed by atoms with Crippen LogP contribution >= 0.6 is 15.9 Å². The molecule has 18 heavy (non-hydrogen) atoms. The van der Waals surface area contributed by atoms with Gasteiger partial charge in [-0.05, 0) is 40.9 Å². The standard InChI is InChI=1S/C13H17BrFNO2/c1-3-13(4-2,8-17)16-12(18)9-6-5-7-10(15)11(9)14/h5-7,17H,3-4,8H2,1-2H3,(H,16,18). The Morgan fingerprint density at radius 3 is 2.56 bits per heavy atom. The van der Waals surface area contributed by atoms with Crippen molar-refractivity contribution in [3.8, 4) is 0 Å². The fourth-order valence-electron chi connectivity index (χ4n) is 1.68. The first kappa shape index (κ1) is 15.1. The van der Waals surface area contributed by atoms with Crippen molar-refractivity contribution in [2.45, 2.75) is 32.2 Å². The van der Waals surface area contributed by atoms with Crippen LogP contribution in [0.1, 0.15) is 37.0 Å². The Labute approximate surface area is 115 Å². The number of rotatable bonds is 5. The van der Waals surface area contributed by atoms with Crippen LogP contribution in [0.25, 0.3) is 0 Å². The highest BCUT2D eigenvalue weighted by Gasteiger charge is 2.28. The van der Waals surface area contributed by atoms with Crippen LogP contribution in [0.15, 0.2) is 22.7 Å². The molecule has 1 aromatic rings. The lowest BCUT2D eigenvalue weighted by atomic mass is 9.93. The van der Waals surface area contributed by atoms with E-state index in [1.54, 1.807) is 0 Å². The number of aliphatic hydroxyl groups is 1. The van der Waals surface area contributed by atoms with Crippen molar-refractivity contribution < 1.29 is 14.3 Å². The lowest BCUT2D eigenvalue weighted by Gasteiger charge is -2.30. The summed E-state index contributed by atoms with van der Waals surface area (Å²) in [5, 5.41) is 12.2. The molecule has 0 spiro atoms. The third kappa shape index (κ3) is 3.09. The fourth-order valence-corrected chi connectivity index (χ4v) is 2.12. The molecule has 0 aliphatic rings. The zero-order valence-corrected chi connectivity index (χ0v) is 12.1. The Hall–Kier alpha value is -0.940. The topological polar surface area (TPSA) is 49.3 Å². The summed E-state index contributed by atoms with van der Waals surface area (Å²) in [5.74, 6) is -0.871. The predicted molar refractivity (Wildman–Crippen MR) is 72.0 cm³/mol. The molecule has 0 heterocycles. The predicted octanol–water partition coefficient (Wildman–Crippen LogP) is 2.87. The maximum absolute atomic E-state index is 13.3. The van der Waals surface area contributed by atoms with E-state index >= 15 is 0 Å². The first-order chi connectivity index (χ1) is 8.49. The minimum absolute atomic E-state index is 0.140. The molecule has 0 fully saturated rings. The van der Waals surface area contributed by atoms with Crippen LogP contribution in [0.3, 0.4) is 0 Å². The highest BCUT2D eigenvalue weighted by Crippen LogP contribution is 2.22. The van der Waals surface area contributed by atoms with E-state index in [-0.39, 0.29) is 22.6 Å². The van der Waals surface area contributed by atoms with E-state index in [1.165, 1.54) is 18.2 Å². The van der Waals surface area contributed by atoms with Gasteiger partial charge in [-0.25, -0.2) is 4.39 Å². The summed E-state index contributed by atoms with van der Waals surface area (Å²) in [7, 11) is 0. The van der Waals surface area contributed by atoms with Crippen LogP contribution in [0.4, 0.5) is 4.39 Å². The molecule has 0 bridgehead atoms. The van der Waals surface area contributed by atoms with E-state index in [0.29, 0.717) is 12.8 Å². The molecule has 0 radical (unpaired) electrons. The lowest BCUT2D eigenvalue weighted by molar-refractivity contribution is 0.0816. The Kier molecular flexibility index (Phi) is 5.28. The molecule has 100 valence electrons. The van der Waals surface area contributed by atoms with Gasteiger partial charge in [0.2, 0.25) is 0 Å². The lowest BCUT2D eigenvalue weighted by Crippen LogP contribution is -2.50. The fraction of sp³-hybridized carbons (Fsp3) is 0.462. The van der Waals surface area contributed by atoms with Crippen molar-refractivity contribution in [1.82, 2.24) is 5.32 Å². The largest absolute Gasteiger partial charge is 0.394 e. The highest BCUT2D eigenvalue weighted by atomic mass is 79.9. The number of aliphatic hydroxyl groups excluding tert-OH is 1. The van der Waals surface area contributed by atoms with Gasteiger partial charge >= 0.3 is 0 Å². The zero-order valence-electron chi connectivity index (χ0n) is 10.5. The summed E-state index contributed by atoms with van der Waals surface area (Å²) in [6.45, 7) is 3.64. The van der Waals surface area contributed by atoms with Crippen molar-refractivity contribution in [3.63, 3.8) is 0 Å². The maximum Gasteiger partial charge on any atom is 0.253 e. The second-order valence-electron chi connectivity index (χ2n) is 4.20. The average Bonchev–Trinajstić information content (AvgIpc) is 2.39. The summed E-state index contributed by atoms with van der Waals surface area (Å²) in [4.78, 5) is 12.1. The smallest absolute Gasteiger partial charge is 0.253 e. The van der Waals surface area contributed by atoms with Crippen LogP contribution in [-0.4, -0.2) is 23.2 Å². The average molecular weight is 318 g/mol. The van der Waals surface area contributed by atoms with Crippen molar-refractivity contribution in [2.75, 3.05) is 6.61 Å². The molecule has 5 heteroatoms. The molecule has 1 rings (SSSR count). The second-order valence-corrected chi connectivity index (χ2v) is 4.99. The van der Waals surface area contributed by atoms with E-state index in [9.17, 15) is 14.3 Å². The molecule has 0 aromatic heterocycles. The molecule has 0 unspecified atom stereocenters. The third-order valence-corrected chi connectivity index (χ3v) is 4.04. The van der Waals surface area contributed by atoms with Crippen LogP contribution in [-0.2, 0) is 0 Å². The summed E-state index contributed by atoms with van der Waals surface area (Å²) < 4.78 is 13.5. The van der Waals surface area contributed by atoms with E-state index in [1.807, 2.05) is 13.8 Å². The van der Waals surface area contributed by atoms with Crippen molar-refractivity contribution >= 4 is 21.8 Å². The van der Waals surface area contributed by atoms with E-state index in [4.69, 9.17) is 0 Å². The molecular weight excluding hydrogens is 301 g/mol. The molecule has 1 amide bonds. The molecule has 2 N–H and O–H groups in total. The second kappa shape index (κ2) is 6.29. The van der Waals surface area contributed by atoms with E-state index in [0.717, 1.165) is 0 Å². The number of benzene rings is 1. The normalized spacial score (nSPS) is 11.4. The number of hydrogen-bond donors (Lipinski definition) is 2. The monoisotopic (exact) mass is 317 g/mol. The van der Waals surface area contributed by atoms with Gasteiger partial charge in [-0.2, -0.15) is 0 Å². The highest BCUT2D eigenvalue weighted by molar-refractivity contribution is 9.10. The number of carbonyl (C=O) groups is 1. The molecule has 1 aromatic carbocycles. The summed E-state index contributed by atoms with van der Waals surface area (Å²) >= 11 is 3.06. The summed E-state index contributed by atoms with van der Waals surface area (Å²) in [6.07, 6.45) is 1.22. The zero-order chi connectivity index (χ0) is 13.8. The van der Waals surface area contributed by atoms with Crippen LogP contribution in [0, 0.1) is 5.82 Å². The number of hydrogen-bond acceptors (Lipinski definition) is 2. The molecular formula is C13H17BrFNO2. The minimum Gasteiger partial charge on any atom is -0.394 e. The Bertz CT molecular complexity index is 425. The van der Waals surface area contributed by atoms with Gasteiger partial charge in [0.1, 0.15) is 5.82 Å². The minimum atomic E-state index is -0.650. The molecule has 3 nitrogen and oxygen atoms in total. The first-order valence-electron chi connectivity index (χ1n) is 5.87. The molecule has 0 aliphatic carbocycles. The van der Waals surface area contributed by atoms with Crippen LogP contribution in [0.5, 0.6) is 0 Å². The van der Waals surface area contributed by atoms with Gasteiger partial charge in [-0.15, -0.1) is 0 Å². The first-order valence-corrected chi connectivity index (χ1v) is 6.66. The number of carbonyl (C=O) groups excluding carboxylic acids is 1. The molecule has 0 atom stereocenters. The summed E-state index contributed by atoms with van der Waals surface area (Å²) in [5.41, 5.74) is -0.419. The number of halogens is 2. The van der Waals surface area contributed by atoms with Gasteiger partial charge < -0.3 is 10.4 Å². The Balaban J connectivity index is 2.98. The number of nitrogens with one attached hydrogen (secondary N) is 1. The SMILES string of the molecule is CCC(CC)(CO)NC(=O)c1cccc(F)c1Br. The van der Waals surface area contributed by atoms with Gasteiger partial charge in [0.25, 0.3) is 5.91 Å². The summed E-state index contributed by atoms with van der Waals surface area (Å²) in [6, 6.07) is 4.29.